The van der Waals surface area contributed by atoms with Crippen LogP contribution in [0.3, 0.4) is 0 Å². The van der Waals surface area contributed by atoms with E-state index in [1.807, 2.05) is 51.9 Å². The second kappa shape index (κ2) is 20.2. The molecule has 3 heterocycles. The second-order valence-corrected chi connectivity index (χ2v) is 18.3. The third kappa shape index (κ3) is 10.3. The summed E-state index contributed by atoms with van der Waals surface area (Å²) in [6, 6.07) is 23.8. The highest BCUT2D eigenvalue weighted by Gasteiger charge is 2.33. The van der Waals surface area contributed by atoms with E-state index in [4.69, 9.17) is 4.98 Å². The molecule has 1 unspecified atom stereocenters. The molecule has 1 atom stereocenters. The van der Waals surface area contributed by atoms with E-state index in [9.17, 15) is 23.1 Å². The van der Waals surface area contributed by atoms with Crippen LogP contribution in [0.25, 0.3) is 22.2 Å². The number of unbranched alkanes of at least 4 members (excludes halogenated alkanes) is 2. The molecule has 328 valence electrons. The van der Waals surface area contributed by atoms with Crippen molar-refractivity contribution >= 4 is 38.5 Å². The molecule has 0 bridgehead atoms. The van der Waals surface area contributed by atoms with Gasteiger partial charge in [-0.05, 0) is 91.5 Å². The summed E-state index contributed by atoms with van der Waals surface area (Å²) in [6.45, 7) is 10.6. The number of fused-ring (bicyclic) bond motifs is 2. The number of sulfonamides is 1. The third-order valence-corrected chi connectivity index (χ3v) is 13.5. The van der Waals surface area contributed by atoms with Crippen molar-refractivity contribution in [1.82, 2.24) is 33.9 Å². The Bertz CT molecular complexity index is 2490. The van der Waals surface area contributed by atoms with Crippen LogP contribution in [0.5, 0.6) is 0 Å². The number of carbonyl (C=O) groups is 3. The first kappa shape index (κ1) is 44.6. The molecule has 62 heavy (non-hydrogen) atoms. The molecule has 1 fully saturated rings. The standard InChI is InChI=1S/C48H59N7O6S/c1-4-6-22-53(23-7-5-2)48(59)44-33-54(24-12-21-52-27-25-51(3)26-28-52)45(49-44)42-20-18-38(46(57)50-62(60,61)41-19-17-35-13-8-9-15-37(35)30-41)31-43(42)47(58)55-32-39-16-11-10-14-36(39)29-40(55)34-56/h8-11,13-20,30-31,33,40,56H,4-7,12,21-29,32,34H2,1-3H3,(H,50,57). The summed E-state index contributed by atoms with van der Waals surface area (Å²) in [5.74, 6) is -1.14. The van der Waals surface area contributed by atoms with E-state index in [0.717, 1.165) is 81.3 Å². The van der Waals surface area contributed by atoms with Gasteiger partial charge in [-0.2, -0.15) is 0 Å². The minimum atomic E-state index is -4.31. The molecule has 4 aromatic carbocycles. The Hall–Kier alpha value is -5.41. The highest BCUT2D eigenvalue weighted by atomic mass is 32.2. The molecule has 0 saturated carbocycles. The first-order valence-corrected chi connectivity index (χ1v) is 23.4. The molecule has 14 heteroatoms. The summed E-state index contributed by atoms with van der Waals surface area (Å²) in [5, 5.41) is 12.2. The van der Waals surface area contributed by atoms with Crippen molar-refractivity contribution in [3.8, 4) is 11.4 Å². The number of hydrogen-bond acceptors (Lipinski definition) is 9. The van der Waals surface area contributed by atoms with Crippen LogP contribution in [0.1, 0.15) is 88.3 Å². The molecule has 2 aliphatic heterocycles. The Morgan fingerprint density at radius 1 is 0.823 bits per heavy atom. The van der Waals surface area contributed by atoms with E-state index in [2.05, 4.69) is 35.4 Å². The SMILES string of the molecule is CCCCN(CCCC)C(=O)c1cn(CCCN2CCN(C)CC2)c(-c2ccc(C(=O)NS(=O)(=O)c3ccc4ccccc4c3)cc2C(=O)N2Cc3ccccc3CC2CO)n1. The highest BCUT2D eigenvalue weighted by Crippen LogP contribution is 2.31. The number of aliphatic hydroxyl groups is 1. The van der Waals surface area contributed by atoms with Gasteiger partial charge in [0.25, 0.3) is 27.7 Å². The number of aliphatic hydroxyl groups excluding tert-OH is 1. The van der Waals surface area contributed by atoms with Gasteiger partial charge in [-0.25, -0.2) is 18.1 Å². The number of benzene rings is 4. The van der Waals surface area contributed by atoms with Crippen LogP contribution in [0.2, 0.25) is 0 Å². The topological polar surface area (TPSA) is 148 Å². The van der Waals surface area contributed by atoms with Crippen molar-refractivity contribution < 1.29 is 27.9 Å². The van der Waals surface area contributed by atoms with E-state index in [1.54, 1.807) is 29.3 Å². The average Bonchev–Trinajstić information content (AvgIpc) is 3.72. The van der Waals surface area contributed by atoms with E-state index < -0.39 is 27.9 Å². The van der Waals surface area contributed by atoms with Crippen LogP contribution in [-0.2, 0) is 29.5 Å². The van der Waals surface area contributed by atoms with E-state index in [0.29, 0.717) is 42.8 Å². The zero-order chi connectivity index (χ0) is 43.8. The number of nitrogens with one attached hydrogen (secondary N) is 1. The number of likely N-dealkylation sites (N-methyl/N-ethyl adjacent to an activating group) is 1. The number of aryl methyl sites for hydroxylation is 1. The van der Waals surface area contributed by atoms with Crippen molar-refractivity contribution in [1.29, 1.82) is 0 Å². The number of aromatic nitrogens is 2. The number of imidazole rings is 1. The van der Waals surface area contributed by atoms with Crippen LogP contribution >= 0.6 is 0 Å². The molecule has 0 spiro atoms. The third-order valence-electron chi connectivity index (χ3n) is 12.2. The first-order chi connectivity index (χ1) is 30.0. The van der Waals surface area contributed by atoms with Crippen LogP contribution in [0, 0.1) is 0 Å². The summed E-state index contributed by atoms with van der Waals surface area (Å²) >= 11 is 0. The van der Waals surface area contributed by atoms with Crippen molar-refractivity contribution in [2.45, 2.75) is 76.4 Å². The van der Waals surface area contributed by atoms with Gasteiger partial charge in [-0.3, -0.25) is 14.4 Å². The van der Waals surface area contributed by atoms with Gasteiger partial charge in [0.15, 0.2) is 0 Å². The fourth-order valence-electron chi connectivity index (χ4n) is 8.39. The lowest BCUT2D eigenvalue weighted by molar-refractivity contribution is 0.0544. The Balaban J connectivity index is 1.29. The lowest BCUT2D eigenvalue weighted by Crippen LogP contribution is -2.46. The number of hydrogen-bond donors (Lipinski definition) is 2. The number of carbonyl (C=O) groups excluding carboxylic acids is 3. The van der Waals surface area contributed by atoms with Crippen molar-refractivity contribution in [3.63, 3.8) is 0 Å². The summed E-state index contributed by atoms with van der Waals surface area (Å²) in [5.41, 5.74) is 2.71. The number of amides is 3. The van der Waals surface area contributed by atoms with Crippen molar-refractivity contribution in [2.24, 2.45) is 0 Å². The van der Waals surface area contributed by atoms with Gasteiger partial charge >= 0.3 is 0 Å². The Labute approximate surface area is 365 Å². The minimum Gasteiger partial charge on any atom is -0.394 e. The molecule has 3 amide bonds. The predicted molar refractivity (Wildman–Crippen MR) is 241 cm³/mol. The van der Waals surface area contributed by atoms with Crippen molar-refractivity contribution in [2.75, 3.05) is 59.5 Å². The molecule has 1 aromatic heterocycles. The number of piperazine rings is 1. The first-order valence-electron chi connectivity index (χ1n) is 22.0. The molecular formula is C48H59N7O6S. The quantitative estimate of drug-likeness (QED) is 0.114. The molecule has 5 aromatic rings. The molecule has 13 nitrogen and oxygen atoms in total. The van der Waals surface area contributed by atoms with Crippen LogP contribution in [-0.4, -0.2) is 126 Å². The van der Waals surface area contributed by atoms with Gasteiger partial charge in [0.05, 0.1) is 23.1 Å². The monoisotopic (exact) mass is 861 g/mol. The molecule has 2 aliphatic rings. The molecule has 2 N–H and O–H groups in total. The van der Waals surface area contributed by atoms with E-state index >= 15 is 4.79 Å². The molecular weight excluding hydrogens is 803 g/mol. The largest absolute Gasteiger partial charge is 0.394 e. The summed E-state index contributed by atoms with van der Waals surface area (Å²) in [6.07, 6.45) is 6.57. The summed E-state index contributed by atoms with van der Waals surface area (Å²) in [4.78, 5) is 56.4. The Morgan fingerprint density at radius 3 is 2.23 bits per heavy atom. The van der Waals surface area contributed by atoms with Gasteiger partial charge in [0, 0.05) is 69.7 Å². The zero-order valence-corrected chi connectivity index (χ0v) is 36.9. The fraction of sp³-hybridized carbons (Fsp3) is 0.417. The van der Waals surface area contributed by atoms with Gasteiger partial charge < -0.3 is 29.3 Å². The summed E-state index contributed by atoms with van der Waals surface area (Å²) in [7, 11) is -2.19. The van der Waals surface area contributed by atoms with Crippen molar-refractivity contribution in [3.05, 3.63) is 119 Å². The Morgan fingerprint density at radius 2 is 1.52 bits per heavy atom. The van der Waals surface area contributed by atoms with Gasteiger partial charge in [-0.15, -0.1) is 0 Å². The predicted octanol–water partition coefficient (Wildman–Crippen LogP) is 6.06. The zero-order valence-electron chi connectivity index (χ0n) is 36.1. The lowest BCUT2D eigenvalue weighted by Gasteiger charge is -2.36. The fourth-order valence-corrected chi connectivity index (χ4v) is 9.40. The van der Waals surface area contributed by atoms with E-state index in [-0.39, 0.29) is 40.8 Å². The normalized spacial score (nSPS) is 16.0. The Kier molecular flexibility index (Phi) is 14.5. The maximum absolute atomic E-state index is 15.1. The minimum absolute atomic E-state index is 0.0470. The number of nitrogens with zero attached hydrogens (tertiary/aromatic N) is 6. The molecule has 0 aliphatic carbocycles. The van der Waals surface area contributed by atoms with Gasteiger partial charge in [-0.1, -0.05) is 81.3 Å². The average molecular weight is 862 g/mol. The van der Waals surface area contributed by atoms with Gasteiger partial charge in [0.2, 0.25) is 0 Å². The highest BCUT2D eigenvalue weighted by molar-refractivity contribution is 7.90. The van der Waals surface area contributed by atoms with Crippen LogP contribution in [0.4, 0.5) is 0 Å². The van der Waals surface area contributed by atoms with E-state index in [1.165, 1.54) is 24.3 Å². The molecule has 7 rings (SSSR count). The molecule has 0 radical (unpaired) electrons. The second-order valence-electron chi connectivity index (χ2n) is 16.6. The summed E-state index contributed by atoms with van der Waals surface area (Å²) < 4.78 is 31.5. The number of rotatable bonds is 17. The van der Waals surface area contributed by atoms with Crippen LogP contribution in [0.15, 0.2) is 96.0 Å². The smallest absolute Gasteiger partial charge is 0.274 e. The molecule has 1 saturated heterocycles. The van der Waals surface area contributed by atoms with Gasteiger partial charge in [0.1, 0.15) is 11.5 Å². The van der Waals surface area contributed by atoms with Crippen LogP contribution < -0.4 is 4.72 Å². The maximum Gasteiger partial charge on any atom is 0.274 e. The lowest BCUT2D eigenvalue weighted by atomic mass is 9.92. The maximum atomic E-state index is 15.1.